The number of dihydropyridines is 1. The number of alkyl halides is 3. The van der Waals surface area contributed by atoms with Crippen LogP contribution in [-0.4, -0.2) is 29.8 Å². The van der Waals surface area contributed by atoms with E-state index >= 15 is 0 Å². The van der Waals surface area contributed by atoms with E-state index in [1.807, 2.05) is 0 Å². The van der Waals surface area contributed by atoms with Crippen molar-refractivity contribution >= 4 is 23.3 Å². The monoisotopic (exact) mass is 347 g/mol. The summed E-state index contributed by atoms with van der Waals surface area (Å²) in [5.41, 5.74) is 2.73. The number of hydrogen-bond acceptors (Lipinski definition) is 5. The summed E-state index contributed by atoms with van der Waals surface area (Å²) in [6.45, 7) is 1.49. The van der Waals surface area contributed by atoms with Gasteiger partial charge < -0.3 is 15.8 Å². The summed E-state index contributed by atoms with van der Waals surface area (Å²) in [6.07, 6.45) is -2.27. The van der Waals surface area contributed by atoms with Crippen molar-refractivity contribution in [1.29, 1.82) is 0 Å². The lowest BCUT2D eigenvalue weighted by Gasteiger charge is -2.39. The Labute approximate surface area is 135 Å². The first kappa shape index (κ1) is 17.1. The molecule has 1 unspecified atom stereocenters. The molecule has 2 rings (SSSR count). The van der Waals surface area contributed by atoms with Gasteiger partial charge in [0.05, 0.1) is 17.8 Å². The number of pyridine rings is 1. The fraction of sp³-hybridized carbons (Fsp3) is 0.286. The van der Waals surface area contributed by atoms with Crippen molar-refractivity contribution in [2.45, 2.75) is 18.6 Å². The average Bonchev–Trinajstić information content (AvgIpc) is 2.52. The number of esters is 1. The van der Waals surface area contributed by atoms with Crippen LogP contribution in [-0.2, 0) is 9.53 Å². The Hall–Kier alpha value is -2.22. The minimum Gasteiger partial charge on any atom is -0.467 e. The molecule has 0 aliphatic carbocycles. The predicted octanol–water partition coefficient (Wildman–Crippen LogP) is 2.30. The number of carbonyl (C=O) groups excluding carboxylic acids is 1. The van der Waals surface area contributed by atoms with Crippen LogP contribution in [0, 0.1) is 0 Å². The summed E-state index contributed by atoms with van der Waals surface area (Å²) in [4.78, 5) is 15.8. The van der Waals surface area contributed by atoms with Gasteiger partial charge in [-0.2, -0.15) is 13.2 Å². The lowest BCUT2D eigenvalue weighted by atomic mass is 9.88. The van der Waals surface area contributed by atoms with Gasteiger partial charge in [-0.3, -0.25) is 4.98 Å². The van der Waals surface area contributed by atoms with E-state index in [9.17, 15) is 18.0 Å². The van der Waals surface area contributed by atoms with Crippen molar-refractivity contribution in [2.24, 2.45) is 5.73 Å². The number of methoxy groups -OCH3 is 1. The number of nitrogens with two attached hydrogens (primary N) is 1. The maximum absolute atomic E-state index is 13.7. The van der Waals surface area contributed by atoms with Crippen molar-refractivity contribution in [3.05, 3.63) is 46.4 Å². The normalized spacial score (nSPS) is 22.0. The third-order valence-electron chi connectivity index (χ3n) is 3.52. The summed E-state index contributed by atoms with van der Waals surface area (Å²) in [6, 6.07) is 3.07. The zero-order valence-electron chi connectivity index (χ0n) is 12.2. The first-order chi connectivity index (χ1) is 10.7. The molecule has 1 aliphatic heterocycles. The standard InChI is InChI=1S/C14H13ClF3N3O2/c1-7-9(19)11(15)13(12(22)23-2,14(16,17)18)21-10(7)8-4-3-5-20-6-8/h3-6,21H,19H2,1-2H3. The van der Waals surface area contributed by atoms with Gasteiger partial charge in [0, 0.05) is 23.7 Å². The first-order valence-electron chi connectivity index (χ1n) is 6.37. The van der Waals surface area contributed by atoms with E-state index in [1.165, 1.54) is 25.4 Å². The molecule has 0 saturated carbocycles. The Morgan fingerprint density at radius 2 is 2.13 bits per heavy atom. The van der Waals surface area contributed by atoms with Crippen LogP contribution >= 0.6 is 11.6 Å². The van der Waals surface area contributed by atoms with Gasteiger partial charge in [-0.15, -0.1) is 0 Å². The predicted molar refractivity (Wildman–Crippen MR) is 77.8 cm³/mol. The molecule has 2 heterocycles. The van der Waals surface area contributed by atoms with Gasteiger partial charge in [0.15, 0.2) is 0 Å². The van der Waals surface area contributed by atoms with Gasteiger partial charge in [0.1, 0.15) is 0 Å². The SMILES string of the molecule is COC(=O)C1(C(F)(F)F)NC(c2cccnc2)=C(C)C(N)=C1Cl. The molecule has 1 atom stereocenters. The number of nitrogens with zero attached hydrogens (tertiary/aromatic N) is 1. The third-order valence-corrected chi connectivity index (χ3v) is 4.01. The number of allylic oxidation sites excluding steroid dienone is 1. The molecule has 0 aromatic carbocycles. The van der Waals surface area contributed by atoms with Crippen LogP contribution in [0.15, 0.2) is 40.8 Å². The Balaban J connectivity index is 2.73. The van der Waals surface area contributed by atoms with Crippen LogP contribution in [0.2, 0.25) is 0 Å². The van der Waals surface area contributed by atoms with E-state index in [2.05, 4.69) is 15.0 Å². The van der Waals surface area contributed by atoms with Crippen molar-refractivity contribution in [3.8, 4) is 0 Å². The molecule has 0 spiro atoms. The Morgan fingerprint density at radius 3 is 2.61 bits per heavy atom. The molecule has 0 fully saturated rings. The first-order valence-corrected chi connectivity index (χ1v) is 6.75. The maximum Gasteiger partial charge on any atom is 0.427 e. The molecule has 1 aromatic rings. The van der Waals surface area contributed by atoms with Gasteiger partial charge in [-0.1, -0.05) is 11.6 Å². The van der Waals surface area contributed by atoms with Crippen molar-refractivity contribution in [1.82, 2.24) is 10.3 Å². The van der Waals surface area contributed by atoms with Gasteiger partial charge in [-0.05, 0) is 24.6 Å². The fourth-order valence-electron chi connectivity index (χ4n) is 2.24. The zero-order valence-corrected chi connectivity index (χ0v) is 12.9. The van der Waals surface area contributed by atoms with Crippen LogP contribution in [0.3, 0.4) is 0 Å². The molecule has 1 aliphatic rings. The molecule has 3 N–H and O–H groups in total. The van der Waals surface area contributed by atoms with Gasteiger partial charge in [-0.25, -0.2) is 4.79 Å². The summed E-state index contributed by atoms with van der Waals surface area (Å²) >= 11 is 5.82. The molecule has 124 valence electrons. The molecule has 23 heavy (non-hydrogen) atoms. The lowest BCUT2D eigenvalue weighted by molar-refractivity contribution is -0.199. The second-order valence-corrected chi connectivity index (χ2v) is 5.21. The minimum atomic E-state index is -5.07. The van der Waals surface area contributed by atoms with Gasteiger partial charge >= 0.3 is 12.1 Å². The number of ether oxygens (including phenoxy) is 1. The highest BCUT2D eigenvalue weighted by Gasteiger charge is 2.66. The molecule has 5 nitrogen and oxygen atoms in total. The molecule has 0 saturated heterocycles. The number of aromatic nitrogens is 1. The maximum atomic E-state index is 13.7. The lowest BCUT2D eigenvalue weighted by Crippen LogP contribution is -2.64. The van der Waals surface area contributed by atoms with Crippen LogP contribution < -0.4 is 11.1 Å². The van der Waals surface area contributed by atoms with Gasteiger partial charge in [0.2, 0.25) is 0 Å². The Morgan fingerprint density at radius 1 is 1.48 bits per heavy atom. The van der Waals surface area contributed by atoms with Crippen molar-refractivity contribution < 1.29 is 22.7 Å². The number of hydrogen-bond donors (Lipinski definition) is 2. The number of halogens is 4. The summed E-state index contributed by atoms with van der Waals surface area (Å²) in [5, 5.41) is 1.30. The second kappa shape index (κ2) is 5.77. The Kier molecular flexibility index (Phi) is 4.30. The van der Waals surface area contributed by atoms with Crippen LogP contribution in [0.4, 0.5) is 13.2 Å². The molecule has 9 heteroatoms. The second-order valence-electron chi connectivity index (χ2n) is 4.83. The van der Waals surface area contributed by atoms with E-state index in [4.69, 9.17) is 17.3 Å². The topological polar surface area (TPSA) is 77.2 Å². The molecule has 0 radical (unpaired) electrons. The van der Waals surface area contributed by atoms with Crippen molar-refractivity contribution in [3.63, 3.8) is 0 Å². The number of nitrogens with one attached hydrogen (secondary N) is 1. The number of rotatable bonds is 2. The molecule has 1 aromatic heterocycles. The van der Waals surface area contributed by atoms with E-state index in [0.29, 0.717) is 5.56 Å². The van der Waals surface area contributed by atoms with Crippen LogP contribution in [0.25, 0.3) is 5.70 Å². The highest BCUT2D eigenvalue weighted by molar-refractivity contribution is 6.34. The highest BCUT2D eigenvalue weighted by Crippen LogP contribution is 2.45. The summed E-state index contributed by atoms with van der Waals surface area (Å²) in [5.74, 6) is -1.60. The largest absolute Gasteiger partial charge is 0.467 e. The quantitative estimate of drug-likeness (QED) is 0.803. The van der Waals surface area contributed by atoms with E-state index in [1.54, 1.807) is 6.07 Å². The van der Waals surface area contributed by atoms with Gasteiger partial charge in [0.25, 0.3) is 5.54 Å². The van der Waals surface area contributed by atoms with Crippen molar-refractivity contribution in [2.75, 3.05) is 7.11 Å². The molecular formula is C14H13ClF3N3O2. The summed E-state index contributed by atoms with van der Waals surface area (Å²) < 4.78 is 45.4. The highest BCUT2D eigenvalue weighted by atomic mass is 35.5. The molecule has 0 amide bonds. The fourth-order valence-corrected chi connectivity index (χ4v) is 2.61. The van der Waals surface area contributed by atoms with E-state index in [0.717, 1.165) is 7.11 Å². The molecular weight excluding hydrogens is 335 g/mol. The van der Waals surface area contributed by atoms with E-state index in [-0.39, 0.29) is 17.0 Å². The third kappa shape index (κ3) is 2.52. The smallest absolute Gasteiger partial charge is 0.427 e. The van der Waals surface area contributed by atoms with Crippen LogP contribution in [0.1, 0.15) is 12.5 Å². The van der Waals surface area contributed by atoms with Crippen LogP contribution in [0.5, 0.6) is 0 Å². The van der Waals surface area contributed by atoms with E-state index < -0.39 is 22.7 Å². The minimum absolute atomic E-state index is 0.00252. The Bertz CT molecular complexity index is 701. The molecule has 0 bridgehead atoms. The summed E-state index contributed by atoms with van der Waals surface area (Å²) in [7, 11) is 0.840. The average molecular weight is 348 g/mol. The number of carbonyl (C=O) groups is 1. The zero-order chi connectivity index (χ0) is 17.4.